The molecule has 1 aromatic rings. The van der Waals surface area contributed by atoms with E-state index in [1.165, 1.54) is 16.7 Å². The number of pyridine rings is 1. The molecule has 0 bridgehead atoms. The minimum absolute atomic E-state index is 0.558. The van der Waals surface area contributed by atoms with Crippen molar-refractivity contribution in [2.45, 2.75) is 6.42 Å². The van der Waals surface area contributed by atoms with Gasteiger partial charge in [0.2, 0.25) is 0 Å². The highest BCUT2D eigenvalue weighted by Gasteiger charge is 2.16. The first-order chi connectivity index (χ1) is 10.1. The number of allylic oxidation sites excluding steroid dienone is 2. The first-order valence-corrected chi connectivity index (χ1v) is 6.08. The number of aliphatic imine (C=N–C) groups is 1. The molecule has 0 atom stereocenters. The summed E-state index contributed by atoms with van der Waals surface area (Å²) in [4.78, 5) is 27.5. The highest BCUT2D eigenvalue weighted by molar-refractivity contribution is 5.95. The van der Waals surface area contributed by atoms with E-state index in [2.05, 4.69) is 22.1 Å². The molecule has 0 saturated carbocycles. The second kappa shape index (κ2) is 6.42. The molecule has 3 rings (SSSR count). The van der Waals surface area contributed by atoms with Gasteiger partial charge in [-0.15, -0.1) is 0 Å². The third-order valence-electron chi connectivity index (χ3n) is 2.78. The first-order valence-electron chi connectivity index (χ1n) is 6.08. The fourth-order valence-corrected chi connectivity index (χ4v) is 1.87. The molecule has 106 valence electrons. The lowest BCUT2D eigenvalue weighted by Gasteiger charge is -2.12. The second-order valence-corrected chi connectivity index (χ2v) is 4.27. The number of nitrogens with zero attached hydrogens (tertiary/aromatic N) is 2. The molecule has 0 amide bonds. The van der Waals surface area contributed by atoms with Gasteiger partial charge in [-0.3, -0.25) is 9.98 Å². The molecule has 0 aromatic carbocycles. The molecule has 0 spiro atoms. The van der Waals surface area contributed by atoms with Crippen molar-refractivity contribution in [2.75, 3.05) is 0 Å². The number of hydrogen-bond acceptors (Lipinski definition) is 4. The average molecular weight is 284 g/mol. The second-order valence-electron chi connectivity index (χ2n) is 4.27. The van der Waals surface area contributed by atoms with Crippen LogP contribution < -0.4 is 0 Å². The van der Waals surface area contributed by atoms with Crippen LogP contribution in [0.5, 0.6) is 0 Å². The van der Waals surface area contributed by atoms with Crippen LogP contribution in [0, 0.1) is 0 Å². The van der Waals surface area contributed by atoms with E-state index in [1.807, 2.05) is 24.7 Å². The SMILES string of the molecule is C1=NC=C2Cc3cccnc3C=C12.O=C(O)/C=C\C(=O)O. The molecule has 21 heavy (non-hydrogen) atoms. The minimum Gasteiger partial charge on any atom is -0.478 e. The van der Waals surface area contributed by atoms with Crippen LogP contribution in [0.2, 0.25) is 0 Å². The molecular formula is C15H12N2O4. The number of rotatable bonds is 2. The molecular weight excluding hydrogens is 272 g/mol. The highest BCUT2D eigenvalue weighted by atomic mass is 16.4. The first kappa shape index (κ1) is 14.4. The lowest BCUT2D eigenvalue weighted by Crippen LogP contribution is -2.02. The number of carbonyl (C=O) groups is 2. The molecule has 0 radical (unpaired) electrons. The Morgan fingerprint density at radius 2 is 1.90 bits per heavy atom. The number of aliphatic carboxylic acids is 2. The van der Waals surface area contributed by atoms with Gasteiger partial charge in [-0.25, -0.2) is 9.59 Å². The summed E-state index contributed by atoms with van der Waals surface area (Å²) in [5.41, 5.74) is 4.90. The minimum atomic E-state index is -1.26. The summed E-state index contributed by atoms with van der Waals surface area (Å²) in [6, 6.07) is 4.10. The summed E-state index contributed by atoms with van der Waals surface area (Å²) in [5, 5.41) is 15.6. The fraction of sp³-hybridized carbons (Fsp3) is 0.0667. The van der Waals surface area contributed by atoms with Crippen LogP contribution >= 0.6 is 0 Å². The van der Waals surface area contributed by atoms with Gasteiger partial charge in [0.15, 0.2) is 0 Å². The van der Waals surface area contributed by atoms with Crippen molar-refractivity contribution in [3.05, 3.63) is 59.1 Å². The molecule has 0 saturated heterocycles. The Morgan fingerprint density at radius 3 is 2.57 bits per heavy atom. The van der Waals surface area contributed by atoms with E-state index in [1.54, 1.807) is 0 Å². The van der Waals surface area contributed by atoms with E-state index in [-0.39, 0.29) is 0 Å². The number of hydrogen-bond donors (Lipinski definition) is 2. The monoisotopic (exact) mass is 284 g/mol. The van der Waals surface area contributed by atoms with Gasteiger partial charge >= 0.3 is 11.9 Å². The van der Waals surface area contributed by atoms with Crippen molar-refractivity contribution in [2.24, 2.45) is 4.99 Å². The summed E-state index contributed by atoms with van der Waals surface area (Å²) < 4.78 is 0. The van der Waals surface area contributed by atoms with Gasteiger partial charge < -0.3 is 10.2 Å². The number of fused-ring (bicyclic) bond motifs is 2. The molecule has 2 N–H and O–H groups in total. The number of carboxylic acid groups (broad SMARTS) is 2. The van der Waals surface area contributed by atoms with Crippen molar-refractivity contribution in [1.82, 2.24) is 4.98 Å². The standard InChI is InChI=1S/C11H8N2.C4H4O4/c1-2-8-4-9-6-12-7-10(9)5-11(8)13-3-1;5-3(6)1-2-4(7)8/h1-3,5-7H,4H2;1-2H,(H,5,6)(H,7,8)/b;2-1-. The average Bonchev–Trinajstić information content (AvgIpc) is 2.90. The third-order valence-corrected chi connectivity index (χ3v) is 2.78. The van der Waals surface area contributed by atoms with E-state index in [4.69, 9.17) is 10.2 Å². The Labute approximate surface area is 120 Å². The summed E-state index contributed by atoms with van der Waals surface area (Å²) in [6.07, 6.45) is 9.84. The van der Waals surface area contributed by atoms with Crippen molar-refractivity contribution in [1.29, 1.82) is 0 Å². The lowest BCUT2D eigenvalue weighted by molar-refractivity contribution is -0.134. The van der Waals surface area contributed by atoms with E-state index in [0.717, 1.165) is 12.1 Å². The maximum Gasteiger partial charge on any atom is 0.328 e. The molecule has 6 nitrogen and oxygen atoms in total. The van der Waals surface area contributed by atoms with Crippen LogP contribution in [0.4, 0.5) is 0 Å². The van der Waals surface area contributed by atoms with E-state index in [9.17, 15) is 9.59 Å². The molecule has 0 unspecified atom stereocenters. The normalized spacial score (nSPS) is 14.5. The zero-order valence-corrected chi connectivity index (χ0v) is 10.9. The Kier molecular flexibility index (Phi) is 4.40. The van der Waals surface area contributed by atoms with Crippen LogP contribution in [-0.2, 0) is 16.0 Å². The fourth-order valence-electron chi connectivity index (χ4n) is 1.87. The van der Waals surface area contributed by atoms with Crippen LogP contribution in [0.25, 0.3) is 6.08 Å². The third kappa shape index (κ3) is 3.97. The van der Waals surface area contributed by atoms with Gasteiger partial charge in [-0.05, 0) is 28.9 Å². The molecule has 1 aliphatic carbocycles. The van der Waals surface area contributed by atoms with Gasteiger partial charge in [0.25, 0.3) is 0 Å². The lowest BCUT2D eigenvalue weighted by atomic mass is 9.93. The quantitative estimate of drug-likeness (QED) is 0.805. The predicted octanol–water partition coefficient (Wildman–Crippen LogP) is 1.70. The Bertz CT molecular complexity index is 683. The Morgan fingerprint density at radius 1 is 1.19 bits per heavy atom. The highest BCUT2D eigenvalue weighted by Crippen LogP contribution is 2.27. The van der Waals surface area contributed by atoms with E-state index >= 15 is 0 Å². The van der Waals surface area contributed by atoms with E-state index in [0.29, 0.717) is 12.2 Å². The zero-order chi connectivity index (χ0) is 15.2. The maximum atomic E-state index is 9.55. The van der Waals surface area contributed by atoms with Crippen LogP contribution in [0.15, 0.2) is 52.8 Å². The summed E-state index contributed by atoms with van der Waals surface area (Å²) in [5.74, 6) is -2.51. The molecule has 2 aliphatic rings. The van der Waals surface area contributed by atoms with Crippen molar-refractivity contribution < 1.29 is 19.8 Å². The van der Waals surface area contributed by atoms with Crippen LogP contribution in [0.3, 0.4) is 0 Å². The largest absolute Gasteiger partial charge is 0.478 e. The molecule has 1 aromatic heterocycles. The summed E-state index contributed by atoms with van der Waals surface area (Å²) >= 11 is 0. The van der Waals surface area contributed by atoms with Crippen LogP contribution in [0.1, 0.15) is 11.3 Å². The van der Waals surface area contributed by atoms with E-state index < -0.39 is 11.9 Å². The summed E-state index contributed by atoms with van der Waals surface area (Å²) in [7, 11) is 0. The van der Waals surface area contributed by atoms with Crippen molar-refractivity contribution in [3.63, 3.8) is 0 Å². The predicted molar refractivity (Wildman–Crippen MR) is 76.9 cm³/mol. The van der Waals surface area contributed by atoms with Gasteiger partial charge in [0.05, 0.1) is 5.69 Å². The topological polar surface area (TPSA) is 99.9 Å². The maximum absolute atomic E-state index is 9.55. The smallest absolute Gasteiger partial charge is 0.328 e. The van der Waals surface area contributed by atoms with Crippen molar-refractivity contribution in [3.8, 4) is 0 Å². The van der Waals surface area contributed by atoms with Gasteiger partial charge in [0.1, 0.15) is 0 Å². The van der Waals surface area contributed by atoms with Gasteiger partial charge in [-0.1, -0.05) is 6.07 Å². The molecule has 1 aliphatic heterocycles. The van der Waals surface area contributed by atoms with Crippen LogP contribution in [-0.4, -0.2) is 33.4 Å². The number of aromatic nitrogens is 1. The Balaban J connectivity index is 0.000000177. The van der Waals surface area contributed by atoms with Crippen molar-refractivity contribution >= 4 is 24.2 Å². The molecule has 2 heterocycles. The molecule has 6 heteroatoms. The summed E-state index contributed by atoms with van der Waals surface area (Å²) in [6.45, 7) is 0. The Hall–Kier alpha value is -3.02. The van der Waals surface area contributed by atoms with Gasteiger partial charge in [0, 0.05) is 37.2 Å². The van der Waals surface area contributed by atoms with Gasteiger partial charge in [-0.2, -0.15) is 0 Å². The molecule has 0 fully saturated rings. The zero-order valence-electron chi connectivity index (χ0n) is 10.9. The number of carboxylic acids is 2.